The van der Waals surface area contributed by atoms with Gasteiger partial charge in [-0.15, -0.1) is 0 Å². The summed E-state index contributed by atoms with van der Waals surface area (Å²) >= 11 is 0. The van der Waals surface area contributed by atoms with E-state index < -0.39 is 11.9 Å². The van der Waals surface area contributed by atoms with Gasteiger partial charge in [-0.25, -0.2) is 4.79 Å². The second kappa shape index (κ2) is 7.47. The van der Waals surface area contributed by atoms with Crippen LogP contribution in [0.2, 0.25) is 0 Å². The van der Waals surface area contributed by atoms with Gasteiger partial charge in [0.2, 0.25) is 0 Å². The zero-order valence-corrected chi connectivity index (χ0v) is 12.9. The number of hydrogen-bond donors (Lipinski definition) is 2. The fraction of sp³-hybridized carbons (Fsp3) is 0.857. The summed E-state index contributed by atoms with van der Waals surface area (Å²) < 4.78 is 0. The minimum atomic E-state index is -0.856. The molecule has 0 aliphatic carbocycles. The molecule has 6 nitrogen and oxygen atoms in total. The molecule has 2 N–H and O–H groups in total. The van der Waals surface area contributed by atoms with Crippen LogP contribution in [0.5, 0.6) is 0 Å². The standard InChI is InChI=1S/C14H27N3O3/c1-10(2)12(13(18)19)8-15-14(20)17-7-5-6-11(9-17)16(3)4/h10-12H,5-9H2,1-4H3,(H,15,20)(H,18,19). The third-order valence-electron chi connectivity index (χ3n) is 4.01. The fourth-order valence-electron chi connectivity index (χ4n) is 2.48. The lowest BCUT2D eigenvalue weighted by Crippen LogP contribution is -2.51. The summed E-state index contributed by atoms with van der Waals surface area (Å²) in [5.41, 5.74) is 0. The van der Waals surface area contributed by atoms with Gasteiger partial charge >= 0.3 is 12.0 Å². The minimum absolute atomic E-state index is 0.00341. The zero-order valence-electron chi connectivity index (χ0n) is 12.9. The summed E-state index contributed by atoms with van der Waals surface area (Å²) in [6, 6.07) is 0.235. The summed E-state index contributed by atoms with van der Waals surface area (Å²) in [5.74, 6) is -1.39. The molecule has 0 radical (unpaired) electrons. The molecule has 1 aliphatic rings. The lowest BCUT2D eigenvalue weighted by atomic mass is 9.96. The van der Waals surface area contributed by atoms with E-state index in [0.717, 1.165) is 19.4 Å². The number of likely N-dealkylation sites (N-methyl/N-ethyl adjacent to an activating group) is 1. The van der Waals surface area contributed by atoms with Crippen LogP contribution in [0.15, 0.2) is 0 Å². The Hall–Kier alpha value is -1.30. The number of carboxylic acid groups (broad SMARTS) is 1. The molecule has 1 heterocycles. The highest BCUT2D eigenvalue weighted by molar-refractivity contribution is 5.76. The third-order valence-corrected chi connectivity index (χ3v) is 4.01. The SMILES string of the molecule is CC(C)C(CNC(=O)N1CCCC(N(C)C)C1)C(=O)O. The highest BCUT2D eigenvalue weighted by Gasteiger charge is 2.27. The Morgan fingerprint density at radius 2 is 2.05 bits per heavy atom. The molecule has 0 saturated carbocycles. The van der Waals surface area contributed by atoms with E-state index in [-0.39, 0.29) is 18.5 Å². The molecule has 0 aromatic heterocycles. The van der Waals surface area contributed by atoms with Crippen molar-refractivity contribution >= 4 is 12.0 Å². The van der Waals surface area contributed by atoms with Gasteiger partial charge in [0, 0.05) is 25.7 Å². The molecule has 0 bridgehead atoms. The quantitative estimate of drug-likeness (QED) is 0.793. The van der Waals surface area contributed by atoms with E-state index >= 15 is 0 Å². The number of carbonyl (C=O) groups is 2. The highest BCUT2D eigenvalue weighted by Crippen LogP contribution is 2.14. The van der Waals surface area contributed by atoms with Crippen LogP contribution in [-0.4, -0.2) is 66.7 Å². The molecule has 1 saturated heterocycles. The molecule has 1 rings (SSSR count). The number of nitrogens with one attached hydrogen (secondary N) is 1. The van der Waals surface area contributed by atoms with Gasteiger partial charge < -0.3 is 20.2 Å². The molecule has 2 amide bonds. The topological polar surface area (TPSA) is 72.9 Å². The van der Waals surface area contributed by atoms with Crippen LogP contribution < -0.4 is 5.32 Å². The van der Waals surface area contributed by atoms with Crippen LogP contribution in [0.4, 0.5) is 4.79 Å². The van der Waals surface area contributed by atoms with Crippen molar-refractivity contribution in [1.82, 2.24) is 15.1 Å². The van der Waals surface area contributed by atoms with E-state index in [1.807, 2.05) is 27.9 Å². The normalized spacial score (nSPS) is 21.1. The van der Waals surface area contributed by atoms with E-state index in [1.165, 1.54) is 0 Å². The summed E-state index contributed by atoms with van der Waals surface area (Å²) in [5, 5.41) is 11.9. The van der Waals surface area contributed by atoms with Gasteiger partial charge in [-0.1, -0.05) is 13.8 Å². The Labute approximate surface area is 121 Å². The number of carbonyl (C=O) groups excluding carboxylic acids is 1. The van der Waals surface area contributed by atoms with Gasteiger partial charge in [0.1, 0.15) is 0 Å². The monoisotopic (exact) mass is 285 g/mol. The Morgan fingerprint density at radius 1 is 1.40 bits per heavy atom. The van der Waals surface area contributed by atoms with Crippen LogP contribution in [-0.2, 0) is 4.79 Å². The molecule has 0 aromatic carbocycles. The van der Waals surface area contributed by atoms with Gasteiger partial charge in [-0.05, 0) is 32.9 Å². The maximum atomic E-state index is 12.1. The van der Waals surface area contributed by atoms with Gasteiger partial charge in [-0.3, -0.25) is 4.79 Å². The molecule has 1 aliphatic heterocycles. The fourth-order valence-corrected chi connectivity index (χ4v) is 2.48. The van der Waals surface area contributed by atoms with Crippen LogP contribution in [0.25, 0.3) is 0 Å². The Bertz CT molecular complexity index is 345. The predicted octanol–water partition coefficient (Wildman–Crippen LogP) is 1.08. The molecular weight excluding hydrogens is 258 g/mol. The molecule has 6 heteroatoms. The molecule has 116 valence electrons. The van der Waals surface area contributed by atoms with Gasteiger partial charge in [-0.2, -0.15) is 0 Å². The van der Waals surface area contributed by atoms with Crippen LogP contribution in [0.3, 0.4) is 0 Å². The highest BCUT2D eigenvalue weighted by atomic mass is 16.4. The van der Waals surface area contributed by atoms with E-state index in [0.29, 0.717) is 12.6 Å². The number of aliphatic carboxylic acids is 1. The minimum Gasteiger partial charge on any atom is -0.481 e. The van der Waals surface area contributed by atoms with Crippen molar-refractivity contribution in [2.75, 3.05) is 33.7 Å². The molecule has 2 unspecified atom stereocenters. The Balaban J connectivity index is 2.48. The van der Waals surface area contributed by atoms with Crippen molar-refractivity contribution in [3.63, 3.8) is 0 Å². The number of carboxylic acids is 1. The maximum absolute atomic E-state index is 12.1. The molecular formula is C14H27N3O3. The van der Waals surface area contributed by atoms with Crippen LogP contribution in [0.1, 0.15) is 26.7 Å². The molecule has 0 spiro atoms. The van der Waals surface area contributed by atoms with Crippen molar-refractivity contribution < 1.29 is 14.7 Å². The van der Waals surface area contributed by atoms with Gasteiger partial charge in [0.05, 0.1) is 5.92 Å². The lowest BCUT2D eigenvalue weighted by Gasteiger charge is -2.36. The maximum Gasteiger partial charge on any atom is 0.317 e. The van der Waals surface area contributed by atoms with E-state index in [1.54, 1.807) is 4.90 Å². The number of rotatable bonds is 5. The largest absolute Gasteiger partial charge is 0.481 e. The first kappa shape index (κ1) is 16.8. The van der Waals surface area contributed by atoms with Crippen LogP contribution in [0, 0.1) is 11.8 Å². The summed E-state index contributed by atoms with van der Waals surface area (Å²) in [6.45, 7) is 5.35. The second-order valence-corrected chi connectivity index (χ2v) is 6.08. The van der Waals surface area contributed by atoms with Crippen molar-refractivity contribution in [1.29, 1.82) is 0 Å². The second-order valence-electron chi connectivity index (χ2n) is 6.08. The lowest BCUT2D eigenvalue weighted by molar-refractivity contribution is -0.142. The van der Waals surface area contributed by atoms with Crippen molar-refractivity contribution in [3.8, 4) is 0 Å². The van der Waals surface area contributed by atoms with Crippen molar-refractivity contribution in [2.24, 2.45) is 11.8 Å². The Kier molecular flexibility index (Phi) is 6.26. The van der Waals surface area contributed by atoms with Crippen molar-refractivity contribution in [2.45, 2.75) is 32.7 Å². The first-order valence-corrected chi connectivity index (χ1v) is 7.25. The number of urea groups is 1. The molecule has 1 fully saturated rings. The summed E-state index contributed by atoms with van der Waals surface area (Å²) in [6.07, 6.45) is 2.09. The molecule has 2 atom stereocenters. The number of piperidine rings is 1. The predicted molar refractivity (Wildman–Crippen MR) is 77.6 cm³/mol. The Morgan fingerprint density at radius 3 is 2.55 bits per heavy atom. The van der Waals surface area contributed by atoms with Crippen molar-refractivity contribution in [3.05, 3.63) is 0 Å². The first-order chi connectivity index (χ1) is 9.32. The number of nitrogens with zero attached hydrogens (tertiary/aromatic N) is 2. The average Bonchev–Trinajstić information content (AvgIpc) is 2.38. The van der Waals surface area contributed by atoms with E-state index in [4.69, 9.17) is 5.11 Å². The zero-order chi connectivity index (χ0) is 15.3. The third kappa shape index (κ3) is 4.67. The first-order valence-electron chi connectivity index (χ1n) is 7.25. The van der Waals surface area contributed by atoms with Crippen LogP contribution >= 0.6 is 0 Å². The summed E-state index contributed by atoms with van der Waals surface area (Å²) in [4.78, 5) is 27.1. The van der Waals surface area contributed by atoms with Gasteiger partial charge in [0.15, 0.2) is 0 Å². The molecule has 20 heavy (non-hydrogen) atoms. The number of amides is 2. The molecule has 0 aromatic rings. The summed E-state index contributed by atoms with van der Waals surface area (Å²) in [7, 11) is 4.04. The smallest absolute Gasteiger partial charge is 0.317 e. The van der Waals surface area contributed by atoms with E-state index in [9.17, 15) is 9.59 Å². The van der Waals surface area contributed by atoms with Gasteiger partial charge in [0.25, 0.3) is 0 Å². The average molecular weight is 285 g/mol. The number of hydrogen-bond acceptors (Lipinski definition) is 3. The number of likely N-dealkylation sites (tertiary alicyclic amines) is 1. The van der Waals surface area contributed by atoms with E-state index in [2.05, 4.69) is 10.2 Å².